The molecule has 1 fully saturated rings. The summed E-state index contributed by atoms with van der Waals surface area (Å²) in [6, 6.07) is 6.15. The van der Waals surface area contributed by atoms with Gasteiger partial charge in [-0.25, -0.2) is 4.79 Å². The van der Waals surface area contributed by atoms with Crippen LogP contribution < -0.4 is 4.74 Å². The molecule has 0 radical (unpaired) electrons. The number of aliphatic hydroxyl groups is 1. The number of amides is 1. The number of benzene rings is 1. The second-order valence-corrected chi connectivity index (χ2v) is 4.78. The van der Waals surface area contributed by atoms with Gasteiger partial charge >= 0.3 is 5.97 Å². The minimum Gasteiger partial charge on any atom is -0.496 e. The fourth-order valence-corrected chi connectivity index (χ4v) is 2.44. The number of hydrogen-bond donors (Lipinski definition) is 2. The Balaban J connectivity index is 2.13. The normalized spacial score (nSPS) is 21.8. The van der Waals surface area contributed by atoms with Crippen molar-refractivity contribution in [3.8, 4) is 5.75 Å². The van der Waals surface area contributed by atoms with Gasteiger partial charge in [0, 0.05) is 18.5 Å². The highest BCUT2D eigenvalue weighted by molar-refractivity contribution is 5.86. The fraction of sp³-hybridized carbons (Fsp3) is 0.429. The monoisotopic (exact) mass is 279 g/mol. The number of β-amino-alcohol motifs (C(OH)–C–C–N with tert-alkyl or cyclic N) is 1. The molecule has 108 valence electrons. The molecule has 1 aliphatic rings. The van der Waals surface area contributed by atoms with Gasteiger partial charge in [0.05, 0.1) is 19.6 Å². The number of ether oxygens (including phenoxy) is 1. The van der Waals surface area contributed by atoms with Crippen molar-refractivity contribution < 1.29 is 24.5 Å². The highest BCUT2D eigenvalue weighted by atomic mass is 16.5. The van der Waals surface area contributed by atoms with Crippen LogP contribution in [0, 0.1) is 0 Å². The molecular formula is C14H17NO5. The Kier molecular flexibility index (Phi) is 4.24. The number of carbonyl (C=O) groups excluding carboxylic acids is 1. The maximum atomic E-state index is 12.2. The van der Waals surface area contributed by atoms with Crippen LogP contribution in [-0.2, 0) is 16.0 Å². The van der Waals surface area contributed by atoms with E-state index >= 15 is 0 Å². The van der Waals surface area contributed by atoms with Crippen molar-refractivity contribution in [3.05, 3.63) is 29.8 Å². The van der Waals surface area contributed by atoms with E-state index in [1.54, 1.807) is 24.3 Å². The van der Waals surface area contributed by atoms with Gasteiger partial charge < -0.3 is 19.8 Å². The summed E-state index contributed by atoms with van der Waals surface area (Å²) in [6.07, 6.45) is -0.647. The van der Waals surface area contributed by atoms with Crippen molar-refractivity contribution in [2.45, 2.75) is 25.0 Å². The number of nitrogens with zero attached hydrogens (tertiary/aromatic N) is 1. The van der Waals surface area contributed by atoms with E-state index in [9.17, 15) is 14.7 Å². The summed E-state index contributed by atoms with van der Waals surface area (Å²) in [5.74, 6) is -0.819. The molecule has 1 aromatic rings. The van der Waals surface area contributed by atoms with Crippen LogP contribution in [0.5, 0.6) is 5.75 Å². The zero-order valence-electron chi connectivity index (χ0n) is 11.2. The number of carboxylic acids is 1. The molecule has 0 aromatic heterocycles. The zero-order chi connectivity index (χ0) is 14.7. The van der Waals surface area contributed by atoms with Gasteiger partial charge in [-0.05, 0) is 6.07 Å². The fourth-order valence-electron chi connectivity index (χ4n) is 2.44. The first-order valence-corrected chi connectivity index (χ1v) is 6.35. The lowest BCUT2D eigenvalue weighted by atomic mass is 10.1. The quantitative estimate of drug-likeness (QED) is 0.827. The van der Waals surface area contributed by atoms with Crippen LogP contribution in [0.4, 0.5) is 0 Å². The van der Waals surface area contributed by atoms with Crippen molar-refractivity contribution in [2.75, 3.05) is 13.7 Å². The van der Waals surface area contributed by atoms with Crippen LogP contribution in [0.15, 0.2) is 24.3 Å². The molecule has 1 aliphatic heterocycles. The molecule has 6 nitrogen and oxygen atoms in total. The molecule has 1 saturated heterocycles. The zero-order valence-corrected chi connectivity index (χ0v) is 11.2. The highest BCUT2D eigenvalue weighted by Crippen LogP contribution is 2.22. The second kappa shape index (κ2) is 5.92. The van der Waals surface area contributed by atoms with Crippen molar-refractivity contribution in [1.29, 1.82) is 0 Å². The number of methoxy groups -OCH3 is 1. The average molecular weight is 279 g/mol. The Labute approximate surface area is 116 Å². The molecule has 2 N–H and O–H groups in total. The summed E-state index contributed by atoms with van der Waals surface area (Å²) in [5.41, 5.74) is 0.700. The maximum absolute atomic E-state index is 12.2. The van der Waals surface area contributed by atoms with Crippen LogP contribution in [0.1, 0.15) is 12.0 Å². The molecule has 0 saturated carbocycles. The van der Waals surface area contributed by atoms with E-state index in [0.717, 1.165) is 0 Å². The third kappa shape index (κ3) is 2.91. The lowest BCUT2D eigenvalue weighted by Gasteiger charge is -2.21. The van der Waals surface area contributed by atoms with Crippen LogP contribution in [0.25, 0.3) is 0 Å². The average Bonchev–Trinajstić information content (AvgIpc) is 2.82. The largest absolute Gasteiger partial charge is 0.496 e. The van der Waals surface area contributed by atoms with E-state index in [1.807, 2.05) is 0 Å². The molecular weight excluding hydrogens is 262 g/mol. The van der Waals surface area contributed by atoms with Crippen LogP contribution in [-0.4, -0.2) is 52.8 Å². The van der Waals surface area contributed by atoms with Crippen LogP contribution >= 0.6 is 0 Å². The highest BCUT2D eigenvalue weighted by Gasteiger charge is 2.38. The van der Waals surface area contributed by atoms with Gasteiger partial charge in [0.25, 0.3) is 0 Å². The number of carboxylic acid groups (broad SMARTS) is 1. The third-order valence-corrected chi connectivity index (χ3v) is 3.42. The number of aliphatic carboxylic acids is 1. The predicted molar refractivity (Wildman–Crippen MR) is 70.5 cm³/mol. The van der Waals surface area contributed by atoms with Crippen molar-refractivity contribution in [3.63, 3.8) is 0 Å². The second-order valence-electron chi connectivity index (χ2n) is 4.78. The summed E-state index contributed by atoms with van der Waals surface area (Å²) in [5, 5.41) is 18.6. The summed E-state index contributed by atoms with van der Waals surface area (Å²) in [4.78, 5) is 24.6. The molecule has 1 amide bonds. The predicted octanol–water partition coefficient (Wildman–Crippen LogP) is 0.284. The van der Waals surface area contributed by atoms with Gasteiger partial charge in [0.1, 0.15) is 11.8 Å². The van der Waals surface area contributed by atoms with Gasteiger partial charge in [-0.1, -0.05) is 18.2 Å². The molecule has 0 unspecified atom stereocenters. The van der Waals surface area contributed by atoms with E-state index in [0.29, 0.717) is 11.3 Å². The molecule has 20 heavy (non-hydrogen) atoms. The number of aliphatic hydroxyl groups excluding tert-OH is 1. The minimum absolute atomic E-state index is 0.0561. The van der Waals surface area contributed by atoms with E-state index < -0.39 is 18.1 Å². The SMILES string of the molecule is COc1ccccc1CC(=O)N1C[C@H](O)C[C@@H]1C(=O)O. The Bertz CT molecular complexity index is 516. The molecule has 2 rings (SSSR count). The minimum atomic E-state index is -1.09. The first-order valence-electron chi connectivity index (χ1n) is 6.35. The van der Waals surface area contributed by atoms with E-state index in [4.69, 9.17) is 9.84 Å². The van der Waals surface area contributed by atoms with Crippen molar-refractivity contribution in [1.82, 2.24) is 4.90 Å². The lowest BCUT2D eigenvalue weighted by Crippen LogP contribution is -2.41. The Morgan fingerprint density at radius 1 is 1.40 bits per heavy atom. The topological polar surface area (TPSA) is 87.1 Å². The summed E-state index contributed by atoms with van der Waals surface area (Å²) >= 11 is 0. The van der Waals surface area contributed by atoms with E-state index in [1.165, 1.54) is 12.0 Å². The first-order chi connectivity index (χ1) is 9.52. The molecule has 2 atom stereocenters. The standard InChI is InChI=1S/C14H17NO5/c1-20-12-5-3-2-4-9(12)6-13(17)15-8-10(16)7-11(15)14(18)19/h2-5,10-11,16H,6-8H2,1H3,(H,18,19)/t10-,11-/m1/s1. The van der Waals surface area contributed by atoms with Crippen LogP contribution in [0.3, 0.4) is 0 Å². The third-order valence-electron chi connectivity index (χ3n) is 3.42. The van der Waals surface area contributed by atoms with Gasteiger partial charge in [0.2, 0.25) is 5.91 Å². The summed E-state index contributed by atoms with van der Waals surface area (Å²) in [6.45, 7) is 0.0605. The first kappa shape index (κ1) is 14.3. The summed E-state index contributed by atoms with van der Waals surface area (Å²) in [7, 11) is 1.52. The number of para-hydroxylation sites is 1. The number of rotatable bonds is 4. The maximum Gasteiger partial charge on any atom is 0.326 e. The molecule has 6 heteroatoms. The molecule has 0 bridgehead atoms. The molecule has 0 spiro atoms. The molecule has 0 aliphatic carbocycles. The van der Waals surface area contributed by atoms with Gasteiger partial charge in [-0.2, -0.15) is 0 Å². The van der Waals surface area contributed by atoms with Crippen molar-refractivity contribution in [2.24, 2.45) is 0 Å². The van der Waals surface area contributed by atoms with Gasteiger partial charge in [-0.3, -0.25) is 4.79 Å². The Hall–Kier alpha value is -2.08. The van der Waals surface area contributed by atoms with Gasteiger partial charge in [-0.15, -0.1) is 0 Å². The number of likely N-dealkylation sites (tertiary alicyclic amines) is 1. The number of carbonyl (C=O) groups is 2. The number of hydrogen-bond acceptors (Lipinski definition) is 4. The Morgan fingerprint density at radius 2 is 2.10 bits per heavy atom. The van der Waals surface area contributed by atoms with E-state index in [-0.39, 0.29) is 25.3 Å². The molecule has 1 heterocycles. The molecule has 1 aromatic carbocycles. The Morgan fingerprint density at radius 3 is 2.75 bits per heavy atom. The van der Waals surface area contributed by atoms with Crippen molar-refractivity contribution >= 4 is 11.9 Å². The smallest absolute Gasteiger partial charge is 0.326 e. The summed E-state index contributed by atoms with van der Waals surface area (Å²) < 4.78 is 5.17. The van der Waals surface area contributed by atoms with Gasteiger partial charge in [0.15, 0.2) is 0 Å². The van der Waals surface area contributed by atoms with Crippen LogP contribution in [0.2, 0.25) is 0 Å². The lowest BCUT2D eigenvalue weighted by molar-refractivity contribution is -0.148. The van der Waals surface area contributed by atoms with E-state index in [2.05, 4.69) is 0 Å².